The van der Waals surface area contributed by atoms with Crippen LogP contribution in [0.25, 0.3) is 0 Å². The Morgan fingerprint density at radius 1 is 1.00 bits per heavy atom. The molecule has 0 aliphatic carbocycles. The third kappa shape index (κ3) is 4.38. The van der Waals surface area contributed by atoms with E-state index in [0.29, 0.717) is 6.04 Å². The molecule has 0 bridgehead atoms. The van der Waals surface area contributed by atoms with Crippen LogP contribution in [0, 0.1) is 0 Å². The van der Waals surface area contributed by atoms with E-state index in [2.05, 4.69) is 42.6 Å². The van der Waals surface area contributed by atoms with Crippen molar-refractivity contribution in [3.05, 3.63) is 70.7 Å². The van der Waals surface area contributed by atoms with E-state index in [1.54, 1.807) is 0 Å². The summed E-state index contributed by atoms with van der Waals surface area (Å²) in [7, 11) is 0. The quantitative estimate of drug-likeness (QED) is 0.757. The summed E-state index contributed by atoms with van der Waals surface area (Å²) in [6.45, 7) is 3.20. The normalized spacial score (nSPS) is 12.3. The fourth-order valence-electron chi connectivity index (χ4n) is 2.16. The molecule has 0 saturated carbocycles. The molecule has 0 aliphatic rings. The number of aryl methyl sites for hydroxylation is 1. The first-order valence-electron chi connectivity index (χ1n) is 6.79. The van der Waals surface area contributed by atoms with Crippen LogP contribution >= 0.6 is 11.6 Å². The van der Waals surface area contributed by atoms with Crippen LogP contribution in [-0.4, -0.2) is 6.54 Å². The number of hydrogen-bond acceptors (Lipinski definition) is 1. The summed E-state index contributed by atoms with van der Waals surface area (Å²) in [4.78, 5) is 0. The molecule has 19 heavy (non-hydrogen) atoms. The number of halogens is 1. The Hall–Kier alpha value is -1.31. The second-order valence-corrected chi connectivity index (χ2v) is 5.19. The zero-order valence-electron chi connectivity index (χ0n) is 11.3. The van der Waals surface area contributed by atoms with Gasteiger partial charge in [0.05, 0.1) is 0 Å². The van der Waals surface area contributed by atoms with Crippen molar-refractivity contribution in [1.82, 2.24) is 5.32 Å². The molecule has 1 atom stereocenters. The molecule has 1 unspecified atom stereocenters. The summed E-state index contributed by atoms with van der Waals surface area (Å²) in [5.41, 5.74) is 2.57. The van der Waals surface area contributed by atoms with E-state index < -0.39 is 0 Å². The minimum atomic E-state index is 0.396. The van der Waals surface area contributed by atoms with Crippen LogP contribution in [0.15, 0.2) is 54.6 Å². The lowest BCUT2D eigenvalue weighted by Crippen LogP contribution is -2.20. The minimum Gasteiger partial charge on any atom is -0.310 e. The topological polar surface area (TPSA) is 12.0 Å². The van der Waals surface area contributed by atoms with Gasteiger partial charge in [0, 0.05) is 11.1 Å². The molecular formula is C17H20ClN. The Kier molecular flexibility index (Phi) is 5.44. The van der Waals surface area contributed by atoms with E-state index in [-0.39, 0.29) is 0 Å². The standard InChI is InChI=1S/C17H20ClN/c1-14(15-8-3-2-4-9-15)19-13-7-11-16-10-5-6-12-17(16)18/h2-6,8-10,12,14,19H,7,11,13H2,1H3. The summed E-state index contributed by atoms with van der Waals surface area (Å²) in [5, 5.41) is 4.42. The van der Waals surface area contributed by atoms with Crippen molar-refractivity contribution in [3.8, 4) is 0 Å². The first-order valence-corrected chi connectivity index (χ1v) is 7.17. The van der Waals surface area contributed by atoms with Crippen molar-refractivity contribution in [2.45, 2.75) is 25.8 Å². The van der Waals surface area contributed by atoms with Gasteiger partial charge in [0.15, 0.2) is 0 Å². The molecule has 2 heteroatoms. The average molecular weight is 274 g/mol. The smallest absolute Gasteiger partial charge is 0.0437 e. The van der Waals surface area contributed by atoms with Crippen molar-refractivity contribution in [1.29, 1.82) is 0 Å². The summed E-state index contributed by atoms with van der Waals surface area (Å²) in [5.74, 6) is 0. The van der Waals surface area contributed by atoms with E-state index in [1.807, 2.05) is 24.3 Å². The van der Waals surface area contributed by atoms with E-state index in [1.165, 1.54) is 11.1 Å². The molecule has 0 amide bonds. The average Bonchev–Trinajstić information content (AvgIpc) is 2.46. The molecule has 100 valence electrons. The molecule has 0 heterocycles. The maximum Gasteiger partial charge on any atom is 0.0437 e. The zero-order valence-corrected chi connectivity index (χ0v) is 12.0. The Bertz CT molecular complexity index is 496. The highest BCUT2D eigenvalue weighted by molar-refractivity contribution is 6.31. The highest BCUT2D eigenvalue weighted by Crippen LogP contribution is 2.16. The van der Waals surface area contributed by atoms with Gasteiger partial charge in [-0.05, 0) is 43.5 Å². The second-order valence-electron chi connectivity index (χ2n) is 4.78. The molecule has 1 nitrogen and oxygen atoms in total. The van der Waals surface area contributed by atoms with Crippen molar-refractivity contribution < 1.29 is 0 Å². The second kappa shape index (κ2) is 7.32. The van der Waals surface area contributed by atoms with Gasteiger partial charge in [0.25, 0.3) is 0 Å². The van der Waals surface area contributed by atoms with Crippen LogP contribution in [0.4, 0.5) is 0 Å². The first-order chi connectivity index (χ1) is 9.27. The Labute approximate surface area is 120 Å². The van der Waals surface area contributed by atoms with E-state index in [4.69, 9.17) is 11.6 Å². The fourth-order valence-corrected chi connectivity index (χ4v) is 2.39. The first kappa shape index (κ1) is 14.1. The molecule has 0 spiro atoms. The molecule has 0 fully saturated rings. The number of rotatable bonds is 6. The monoisotopic (exact) mass is 273 g/mol. The molecule has 0 radical (unpaired) electrons. The van der Waals surface area contributed by atoms with Crippen LogP contribution in [0.2, 0.25) is 5.02 Å². The summed E-state index contributed by atoms with van der Waals surface area (Å²) < 4.78 is 0. The van der Waals surface area contributed by atoms with Crippen LogP contribution in [0.5, 0.6) is 0 Å². The predicted octanol–water partition coefficient (Wildman–Crippen LogP) is 4.62. The van der Waals surface area contributed by atoms with Gasteiger partial charge in [-0.15, -0.1) is 0 Å². The molecule has 0 saturated heterocycles. The van der Waals surface area contributed by atoms with Gasteiger partial charge in [-0.25, -0.2) is 0 Å². The maximum atomic E-state index is 6.14. The lowest BCUT2D eigenvalue weighted by molar-refractivity contribution is 0.558. The minimum absolute atomic E-state index is 0.396. The van der Waals surface area contributed by atoms with Gasteiger partial charge in [0.1, 0.15) is 0 Å². The SMILES string of the molecule is CC(NCCCc1ccccc1Cl)c1ccccc1. The van der Waals surface area contributed by atoms with Crippen LogP contribution in [0.1, 0.15) is 30.5 Å². The van der Waals surface area contributed by atoms with Gasteiger partial charge in [0.2, 0.25) is 0 Å². The molecule has 2 aromatic rings. The Morgan fingerprint density at radius 3 is 2.42 bits per heavy atom. The molecule has 2 rings (SSSR count). The number of hydrogen-bond donors (Lipinski definition) is 1. The van der Waals surface area contributed by atoms with Crippen molar-refractivity contribution >= 4 is 11.6 Å². The van der Waals surface area contributed by atoms with Gasteiger partial charge < -0.3 is 5.32 Å². The Balaban J connectivity index is 1.74. The van der Waals surface area contributed by atoms with Crippen LogP contribution in [0.3, 0.4) is 0 Å². The molecule has 2 aromatic carbocycles. The lowest BCUT2D eigenvalue weighted by atomic mass is 10.1. The van der Waals surface area contributed by atoms with E-state index >= 15 is 0 Å². The van der Waals surface area contributed by atoms with Crippen LogP contribution < -0.4 is 5.32 Å². The number of benzene rings is 2. The molecule has 1 N–H and O–H groups in total. The van der Waals surface area contributed by atoms with Crippen LogP contribution in [-0.2, 0) is 6.42 Å². The predicted molar refractivity (Wildman–Crippen MR) is 82.6 cm³/mol. The largest absolute Gasteiger partial charge is 0.310 e. The zero-order chi connectivity index (χ0) is 13.5. The van der Waals surface area contributed by atoms with Crippen molar-refractivity contribution in [2.75, 3.05) is 6.54 Å². The van der Waals surface area contributed by atoms with Gasteiger partial charge in [-0.3, -0.25) is 0 Å². The number of nitrogens with one attached hydrogen (secondary N) is 1. The fraction of sp³-hybridized carbons (Fsp3) is 0.294. The van der Waals surface area contributed by atoms with Gasteiger partial charge >= 0.3 is 0 Å². The van der Waals surface area contributed by atoms with E-state index in [9.17, 15) is 0 Å². The van der Waals surface area contributed by atoms with Crippen molar-refractivity contribution in [2.24, 2.45) is 0 Å². The third-order valence-corrected chi connectivity index (χ3v) is 3.70. The van der Waals surface area contributed by atoms with Gasteiger partial charge in [-0.1, -0.05) is 60.1 Å². The lowest BCUT2D eigenvalue weighted by Gasteiger charge is -2.14. The highest BCUT2D eigenvalue weighted by Gasteiger charge is 2.03. The molecule has 0 aliphatic heterocycles. The third-order valence-electron chi connectivity index (χ3n) is 3.33. The summed E-state index contributed by atoms with van der Waals surface area (Å²) in [6.07, 6.45) is 2.12. The molecular weight excluding hydrogens is 254 g/mol. The van der Waals surface area contributed by atoms with Crippen molar-refractivity contribution in [3.63, 3.8) is 0 Å². The maximum absolute atomic E-state index is 6.14. The summed E-state index contributed by atoms with van der Waals surface area (Å²) >= 11 is 6.14. The summed E-state index contributed by atoms with van der Waals surface area (Å²) in [6, 6.07) is 19.0. The Morgan fingerprint density at radius 2 is 1.68 bits per heavy atom. The van der Waals surface area contributed by atoms with Gasteiger partial charge in [-0.2, -0.15) is 0 Å². The van der Waals surface area contributed by atoms with E-state index in [0.717, 1.165) is 24.4 Å². The highest BCUT2D eigenvalue weighted by atomic mass is 35.5. The molecule has 0 aromatic heterocycles.